The van der Waals surface area contributed by atoms with Crippen molar-refractivity contribution in [3.05, 3.63) is 12.2 Å². The molecule has 2 unspecified atom stereocenters. The molecule has 0 aromatic carbocycles. The second-order valence-electron chi connectivity index (χ2n) is 16.2. The van der Waals surface area contributed by atoms with Gasteiger partial charge in [0.2, 0.25) is 5.91 Å². The van der Waals surface area contributed by atoms with Crippen LogP contribution in [0.4, 0.5) is 0 Å². The number of ether oxygens (including phenoxy) is 2. The van der Waals surface area contributed by atoms with Crippen LogP contribution in [0.2, 0.25) is 0 Å². The molecule has 1 aliphatic rings. The number of rotatable bonds is 38. The number of allylic oxidation sites excluding steroid dienone is 2. The first-order valence-electron chi connectivity index (χ1n) is 22.9. The lowest BCUT2D eigenvalue weighted by Gasteiger charge is -2.40. The highest BCUT2D eigenvalue weighted by Crippen LogP contribution is 2.23. The van der Waals surface area contributed by atoms with Crippen LogP contribution in [0.1, 0.15) is 213 Å². The van der Waals surface area contributed by atoms with E-state index in [0.717, 1.165) is 51.4 Å². The summed E-state index contributed by atoms with van der Waals surface area (Å²) < 4.78 is 11.2. The summed E-state index contributed by atoms with van der Waals surface area (Å²) in [6, 6.07) is -0.718. The lowest BCUT2D eigenvalue weighted by Crippen LogP contribution is -2.60. The number of aliphatic hydroxyl groups is 5. The van der Waals surface area contributed by atoms with E-state index in [4.69, 9.17) is 9.47 Å². The summed E-state index contributed by atoms with van der Waals surface area (Å²) in [6.07, 6.45) is 33.5. The Morgan fingerprint density at radius 2 is 1.04 bits per heavy atom. The van der Waals surface area contributed by atoms with Crippen molar-refractivity contribution in [2.75, 3.05) is 13.2 Å². The fourth-order valence-electron chi connectivity index (χ4n) is 7.39. The van der Waals surface area contributed by atoms with Crippen LogP contribution >= 0.6 is 0 Å². The molecule has 6 N–H and O–H groups in total. The molecule has 9 heteroatoms. The van der Waals surface area contributed by atoms with Crippen molar-refractivity contribution >= 4 is 5.91 Å². The maximum atomic E-state index is 13.0. The van der Waals surface area contributed by atoms with E-state index >= 15 is 0 Å². The van der Waals surface area contributed by atoms with Crippen molar-refractivity contribution in [3.8, 4) is 0 Å². The molecule has 0 bridgehead atoms. The average molecular weight is 770 g/mol. The summed E-state index contributed by atoms with van der Waals surface area (Å²) in [6.45, 7) is 3.83. The standard InChI is InChI=1S/C45H87NO8/c1-3-5-7-9-11-13-15-17-19-21-22-24-26-28-30-32-34-39(48)38(37-53-45-44(52)43(51)42(50)40(36-47)54-45)46-41(49)35-33-31-29-27-25-23-20-18-16-14-12-10-8-6-4-2/h18,20,38-40,42-45,47-48,50-52H,3-17,19,21-37H2,1-2H3,(H,46,49)/b20-18+/t38-,39+,40+,42+,43?,44?,45+/m0/s1. The number of aliphatic hydroxyl groups excluding tert-OH is 5. The summed E-state index contributed by atoms with van der Waals surface area (Å²) in [7, 11) is 0. The molecule has 320 valence electrons. The lowest BCUT2D eigenvalue weighted by molar-refractivity contribution is -0.302. The van der Waals surface area contributed by atoms with Crippen LogP contribution < -0.4 is 5.32 Å². The van der Waals surface area contributed by atoms with Gasteiger partial charge in [0.1, 0.15) is 24.4 Å². The van der Waals surface area contributed by atoms with Gasteiger partial charge in [0.25, 0.3) is 0 Å². The number of amides is 1. The van der Waals surface area contributed by atoms with E-state index in [-0.39, 0.29) is 12.5 Å². The largest absolute Gasteiger partial charge is 0.394 e. The van der Waals surface area contributed by atoms with Gasteiger partial charge in [-0.2, -0.15) is 0 Å². The highest BCUT2D eigenvalue weighted by Gasteiger charge is 2.44. The molecule has 1 fully saturated rings. The maximum Gasteiger partial charge on any atom is 0.220 e. The topological polar surface area (TPSA) is 149 Å². The smallest absolute Gasteiger partial charge is 0.220 e. The number of nitrogens with one attached hydrogen (secondary N) is 1. The van der Waals surface area contributed by atoms with Crippen LogP contribution in [0, 0.1) is 0 Å². The van der Waals surface area contributed by atoms with Gasteiger partial charge in [-0.15, -0.1) is 0 Å². The Labute approximate surface area is 331 Å². The quantitative estimate of drug-likeness (QED) is 0.0269. The number of hydrogen-bond acceptors (Lipinski definition) is 8. The Balaban J connectivity index is 2.34. The molecule has 1 rings (SSSR count). The molecule has 1 heterocycles. The van der Waals surface area contributed by atoms with Crippen LogP contribution in [-0.2, 0) is 14.3 Å². The molecule has 0 aromatic rings. The zero-order valence-electron chi connectivity index (χ0n) is 35.0. The van der Waals surface area contributed by atoms with Gasteiger partial charge in [-0.25, -0.2) is 0 Å². The van der Waals surface area contributed by atoms with Crippen molar-refractivity contribution in [1.82, 2.24) is 5.32 Å². The number of carbonyl (C=O) groups excluding carboxylic acids is 1. The number of unbranched alkanes of at least 4 members (excludes halogenated alkanes) is 26. The second-order valence-corrected chi connectivity index (χ2v) is 16.2. The van der Waals surface area contributed by atoms with E-state index < -0.39 is 49.5 Å². The fourth-order valence-corrected chi connectivity index (χ4v) is 7.39. The van der Waals surface area contributed by atoms with Crippen LogP contribution in [0.3, 0.4) is 0 Å². The van der Waals surface area contributed by atoms with Gasteiger partial charge in [-0.3, -0.25) is 4.79 Å². The first-order chi connectivity index (χ1) is 26.3. The molecule has 0 radical (unpaired) electrons. The molecular formula is C45H87NO8. The Kier molecular flexibility index (Phi) is 34.2. The van der Waals surface area contributed by atoms with Crippen LogP contribution in [0.25, 0.3) is 0 Å². The van der Waals surface area contributed by atoms with Crippen molar-refractivity contribution in [1.29, 1.82) is 0 Å². The van der Waals surface area contributed by atoms with Gasteiger partial charge in [0, 0.05) is 6.42 Å². The zero-order valence-corrected chi connectivity index (χ0v) is 35.0. The minimum Gasteiger partial charge on any atom is -0.394 e. The van der Waals surface area contributed by atoms with E-state index in [1.165, 1.54) is 135 Å². The zero-order chi connectivity index (χ0) is 39.5. The third kappa shape index (κ3) is 26.7. The normalized spacial score (nSPS) is 21.5. The van der Waals surface area contributed by atoms with E-state index in [1.54, 1.807) is 0 Å². The summed E-state index contributed by atoms with van der Waals surface area (Å²) in [5.41, 5.74) is 0. The van der Waals surface area contributed by atoms with Crippen molar-refractivity contribution in [2.24, 2.45) is 0 Å². The third-order valence-corrected chi connectivity index (χ3v) is 11.1. The van der Waals surface area contributed by atoms with E-state index in [0.29, 0.717) is 12.8 Å². The summed E-state index contributed by atoms with van der Waals surface area (Å²) in [4.78, 5) is 13.0. The Morgan fingerprint density at radius 1 is 0.611 bits per heavy atom. The molecule has 0 saturated carbocycles. The van der Waals surface area contributed by atoms with Crippen molar-refractivity contribution < 1.29 is 39.8 Å². The summed E-state index contributed by atoms with van der Waals surface area (Å²) in [5.74, 6) is -0.152. The maximum absolute atomic E-state index is 13.0. The predicted molar refractivity (Wildman–Crippen MR) is 221 cm³/mol. The van der Waals surface area contributed by atoms with Gasteiger partial charge < -0.3 is 40.3 Å². The Morgan fingerprint density at radius 3 is 1.50 bits per heavy atom. The molecule has 54 heavy (non-hydrogen) atoms. The van der Waals surface area contributed by atoms with E-state index in [9.17, 15) is 30.3 Å². The average Bonchev–Trinajstić information content (AvgIpc) is 3.17. The molecule has 7 atom stereocenters. The van der Waals surface area contributed by atoms with Crippen LogP contribution in [0.5, 0.6) is 0 Å². The van der Waals surface area contributed by atoms with Gasteiger partial charge in [-0.05, 0) is 38.5 Å². The minimum atomic E-state index is -1.55. The Hall–Kier alpha value is -1.07. The lowest BCUT2D eigenvalue weighted by atomic mass is 9.99. The molecule has 0 spiro atoms. The van der Waals surface area contributed by atoms with E-state index in [1.807, 2.05) is 0 Å². The number of carbonyl (C=O) groups is 1. The third-order valence-electron chi connectivity index (χ3n) is 11.1. The van der Waals surface area contributed by atoms with Gasteiger partial charge in [-0.1, -0.05) is 180 Å². The van der Waals surface area contributed by atoms with Crippen molar-refractivity contribution in [2.45, 2.75) is 256 Å². The molecule has 0 aromatic heterocycles. The monoisotopic (exact) mass is 770 g/mol. The molecule has 1 aliphatic heterocycles. The first kappa shape index (κ1) is 50.9. The molecule has 1 amide bonds. The first-order valence-corrected chi connectivity index (χ1v) is 22.9. The van der Waals surface area contributed by atoms with Crippen molar-refractivity contribution in [3.63, 3.8) is 0 Å². The van der Waals surface area contributed by atoms with E-state index in [2.05, 4.69) is 31.3 Å². The Bertz CT molecular complexity index is 858. The summed E-state index contributed by atoms with van der Waals surface area (Å²) in [5, 5.41) is 54.3. The SMILES string of the molecule is CCCCCCCC/C=C/CCCCCCCC(=O)N[C@@H](CO[C@@H]1O[C@H](CO)[C@@H](O)C(O)C1O)[C@H](O)CCCCCCCCCCCCCCCCCC. The highest BCUT2D eigenvalue weighted by molar-refractivity contribution is 5.76. The number of hydrogen-bond donors (Lipinski definition) is 6. The second kappa shape index (κ2) is 36.3. The van der Waals surface area contributed by atoms with Crippen LogP contribution in [0.15, 0.2) is 12.2 Å². The molecule has 0 aliphatic carbocycles. The van der Waals surface area contributed by atoms with Gasteiger partial charge in [0.05, 0.1) is 25.4 Å². The minimum absolute atomic E-state index is 0.138. The van der Waals surface area contributed by atoms with Gasteiger partial charge in [0.15, 0.2) is 6.29 Å². The molecule has 1 saturated heterocycles. The fraction of sp³-hybridized carbons (Fsp3) is 0.933. The summed E-state index contributed by atoms with van der Waals surface area (Å²) >= 11 is 0. The molecule has 9 nitrogen and oxygen atoms in total. The molecular weight excluding hydrogens is 682 g/mol. The predicted octanol–water partition coefficient (Wildman–Crippen LogP) is 9.34. The van der Waals surface area contributed by atoms with Crippen LogP contribution in [-0.4, -0.2) is 87.5 Å². The van der Waals surface area contributed by atoms with Gasteiger partial charge >= 0.3 is 0 Å². The highest BCUT2D eigenvalue weighted by atomic mass is 16.7.